The zero-order chi connectivity index (χ0) is 27.0. The standard InChI is InChI=1S/C33H59NO2/c1-8-9-10-11-12-13-14-15-16-17-18-19-20-21-22-23-24-34-32(36)28(4)30-26(2)25-29(33(5,6)7)31(35)27(30)3/h25,28,35H,8-24H2,1-7H3,(H,34,36). The van der Waals surface area contributed by atoms with Crippen molar-refractivity contribution in [2.75, 3.05) is 6.54 Å². The first-order valence-corrected chi connectivity index (χ1v) is 15.2. The second kappa shape index (κ2) is 17.9. The molecular weight excluding hydrogens is 442 g/mol. The fraction of sp³-hybridized carbons (Fsp3) is 0.788. The van der Waals surface area contributed by atoms with E-state index in [0.717, 1.165) is 35.2 Å². The highest BCUT2D eigenvalue weighted by Gasteiger charge is 2.26. The van der Waals surface area contributed by atoms with Gasteiger partial charge in [0.1, 0.15) is 5.75 Å². The van der Waals surface area contributed by atoms with E-state index in [4.69, 9.17) is 0 Å². The van der Waals surface area contributed by atoms with Gasteiger partial charge in [0, 0.05) is 6.54 Å². The second-order valence-corrected chi connectivity index (χ2v) is 12.2. The SMILES string of the molecule is CCCCCCCCCCCCCCCCCCNC(=O)C(C)c1c(C)cc(C(C)(C)C)c(O)c1C. The van der Waals surface area contributed by atoms with E-state index in [1.807, 2.05) is 13.8 Å². The van der Waals surface area contributed by atoms with E-state index in [0.29, 0.717) is 5.75 Å². The minimum absolute atomic E-state index is 0.0602. The van der Waals surface area contributed by atoms with Gasteiger partial charge in [0.05, 0.1) is 5.92 Å². The van der Waals surface area contributed by atoms with E-state index in [2.05, 4.69) is 46.0 Å². The van der Waals surface area contributed by atoms with Crippen LogP contribution in [0.3, 0.4) is 0 Å². The maximum Gasteiger partial charge on any atom is 0.227 e. The van der Waals surface area contributed by atoms with Crippen LogP contribution in [0.15, 0.2) is 6.07 Å². The summed E-state index contributed by atoms with van der Waals surface area (Å²) >= 11 is 0. The molecule has 1 unspecified atom stereocenters. The smallest absolute Gasteiger partial charge is 0.227 e. The van der Waals surface area contributed by atoms with Gasteiger partial charge in [0.2, 0.25) is 5.91 Å². The zero-order valence-electron chi connectivity index (χ0n) is 25.0. The Labute approximate surface area is 224 Å². The van der Waals surface area contributed by atoms with E-state index in [-0.39, 0.29) is 17.2 Å². The highest BCUT2D eigenvalue weighted by molar-refractivity contribution is 5.84. The predicted octanol–water partition coefficient (Wildman–Crippen LogP) is 9.79. The molecule has 3 nitrogen and oxygen atoms in total. The van der Waals surface area contributed by atoms with Gasteiger partial charge >= 0.3 is 0 Å². The summed E-state index contributed by atoms with van der Waals surface area (Å²) in [6, 6.07) is 2.05. The molecule has 3 heteroatoms. The van der Waals surface area contributed by atoms with Crippen molar-refractivity contribution in [3.63, 3.8) is 0 Å². The van der Waals surface area contributed by atoms with E-state index in [9.17, 15) is 9.90 Å². The number of aromatic hydroxyl groups is 1. The van der Waals surface area contributed by atoms with Crippen LogP contribution in [0.4, 0.5) is 0 Å². The summed E-state index contributed by atoms with van der Waals surface area (Å²) in [5.74, 6) is 0.136. The Kier molecular flexibility index (Phi) is 16.1. The van der Waals surface area contributed by atoms with Crippen molar-refractivity contribution in [1.82, 2.24) is 5.32 Å². The van der Waals surface area contributed by atoms with Crippen LogP contribution < -0.4 is 5.32 Å². The third-order valence-corrected chi connectivity index (χ3v) is 7.76. The lowest BCUT2D eigenvalue weighted by Crippen LogP contribution is -2.29. The molecule has 0 fully saturated rings. The molecule has 0 radical (unpaired) electrons. The molecule has 1 atom stereocenters. The average molecular weight is 502 g/mol. The van der Waals surface area contributed by atoms with Gasteiger partial charge in [-0.25, -0.2) is 0 Å². The molecule has 0 bridgehead atoms. The molecule has 0 heterocycles. The van der Waals surface area contributed by atoms with E-state index in [1.54, 1.807) is 0 Å². The Bertz CT molecular complexity index is 747. The molecule has 36 heavy (non-hydrogen) atoms. The second-order valence-electron chi connectivity index (χ2n) is 12.2. The fourth-order valence-corrected chi connectivity index (χ4v) is 5.39. The van der Waals surface area contributed by atoms with Crippen molar-refractivity contribution in [1.29, 1.82) is 0 Å². The summed E-state index contributed by atoms with van der Waals surface area (Å²) in [5, 5.41) is 13.9. The van der Waals surface area contributed by atoms with Gasteiger partial charge in [-0.3, -0.25) is 4.79 Å². The lowest BCUT2D eigenvalue weighted by Gasteiger charge is -2.26. The predicted molar refractivity (Wildman–Crippen MR) is 157 cm³/mol. The van der Waals surface area contributed by atoms with Gasteiger partial charge in [-0.15, -0.1) is 0 Å². The molecule has 0 saturated carbocycles. The quantitative estimate of drug-likeness (QED) is 0.185. The van der Waals surface area contributed by atoms with Crippen LogP contribution in [0.5, 0.6) is 5.75 Å². The van der Waals surface area contributed by atoms with Crippen molar-refractivity contribution in [2.24, 2.45) is 0 Å². The number of aryl methyl sites for hydroxylation is 1. The van der Waals surface area contributed by atoms with Crippen molar-refractivity contribution in [3.05, 3.63) is 28.3 Å². The minimum atomic E-state index is -0.258. The molecule has 0 aliphatic rings. The van der Waals surface area contributed by atoms with Crippen LogP contribution in [0.1, 0.15) is 166 Å². The van der Waals surface area contributed by atoms with Crippen LogP contribution >= 0.6 is 0 Å². The number of nitrogens with one attached hydrogen (secondary N) is 1. The van der Waals surface area contributed by atoms with Gasteiger partial charge < -0.3 is 10.4 Å². The number of amides is 1. The number of unbranched alkanes of at least 4 members (excludes halogenated alkanes) is 15. The van der Waals surface area contributed by atoms with Gasteiger partial charge in [-0.05, 0) is 54.9 Å². The number of phenols is 1. The van der Waals surface area contributed by atoms with Crippen molar-refractivity contribution in [3.8, 4) is 5.75 Å². The third kappa shape index (κ3) is 12.2. The molecule has 0 saturated heterocycles. The Morgan fingerprint density at radius 3 is 1.64 bits per heavy atom. The number of hydrogen-bond acceptors (Lipinski definition) is 2. The van der Waals surface area contributed by atoms with Crippen molar-refractivity contribution in [2.45, 2.75) is 163 Å². The zero-order valence-corrected chi connectivity index (χ0v) is 25.0. The number of hydrogen-bond donors (Lipinski definition) is 2. The van der Waals surface area contributed by atoms with Gasteiger partial charge in [0.15, 0.2) is 0 Å². The molecule has 1 aromatic carbocycles. The molecule has 2 N–H and O–H groups in total. The number of benzene rings is 1. The highest BCUT2D eigenvalue weighted by atomic mass is 16.3. The van der Waals surface area contributed by atoms with Crippen LogP contribution in [0, 0.1) is 13.8 Å². The fourth-order valence-electron chi connectivity index (χ4n) is 5.39. The molecular formula is C33H59NO2. The number of rotatable bonds is 19. The Morgan fingerprint density at radius 1 is 0.806 bits per heavy atom. The minimum Gasteiger partial charge on any atom is -0.507 e. The highest BCUT2D eigenvalue weighted by Crippen LogP contribution is 2.38. The number of phenolic OH excluding ortho intramolecular Hbond substituents is 1. The third-order valence-electron chi connectivity index (χ3n) is 7.76. The van der Waals surface area contributed by atoms with Crippen LogP contribution in [-0.4, -0.2) is 17.6 Å². The molecule has 208 valence electrons. The van der Waals surface area contributed by atoms with Gasteiger partial charge in [-0.1, -0.05) is 130 Å². The van der Waals surface area contributed by atoms with Gasteiger partial charge in [-0.2, -0.15) is 0 Å². The maximum absolute atomic E-state index is 12.8. The van der Waals surface area contributed by atoms with Gasteiger partial charge in [0.25, 0.3) is 0 Å². The molecule has 0 aliphatic carbocycles. The Balaban J connectivity index is 2.14. The summed E-state index contributed by atoms with van der Waals surface area (Å²) in [7, 11) is 0. The number of carbonyl (C=O) groups excluding carboxylic acids is 1. The Morgan fingerprint density at radius 2 is 1.22 bits per heavy atom. The molecule has 0 spiro atoms. The first-order valence-electron chi connectivity index (χ1n) is 15.2. The monoisotopic (exact) mass is 501 g/mol. The normalized spacial score (nSPS) is 12.6. The summed E-state index contributed by atoms with van der Waals surface area (Å²) in [6.07, 6.45) is 21.7. The summed E-state index contributed by atoms with van der Waals surface area (Å²) < 4.78 is 0. The first kappa shape index (κ1) is 32.5. The molecule has 1 aromatic rings. The van der Waals surface area contributed by atoms with Crippen LogP contribution in [0.25, 0.3) is 0 Å². The maximum atomic E-state index is 12.8. The largest absolute Gasteiger partial charge is 0.507 e. The van der Waals surface area contributed by atoms with Crippen LogP contribution in [0.2, 0.25) is 0 Å². The lowest BCUT2D eigenvalue weighted by molar-refractivity contribution is -0.122. The van der Waals surface area contributed by atoms with E-state index < -0.39 is 0 Å². The topological polar surface area (TPSA) is 49.3 Å². The van der Waals surface area contributed by atoms with Crippen molar-refractivity contribution < 1.29 is 9.90 Å². The van der Waals surface area contributed by atoms with E-state index >= 15 is 0 Å². The molecule has 0 aromatic heterocycles. The average Bonchev–Trinajstić information content (AvgIpc) is 2.82. The van der Waals surface area contributed by atoms with Crippen molar-refractivity contribution >= 4 is 5.91 Å². The summed E-state index contributed by atoms with van der Waals surface area (Å²) in [6.45, 7) is 15.3. The first-order chi connectivity index (χ1) is 17.1. The van der Waals surface area contributed by atoms with E-state index in [1.165, 1.54) is 96.3 Å². The molecule has 0 aliphatic heterocycles. The molecule has 1 amide bonds. The molecule has 1 rings (SSSR count). The lowest BCUT2D eigenvalue weighted by atomic mass is 9.80. The summed E-state index contributed by atoms with van der Waals surface area (Å²) in [5.41, 5.74) is 3.70. The summed E-state index contributed by atoms with van der Waals surface area (Å²) in [4.78, 5) is 12.8. The van der Waals surface area contributed by atoms with Crippen LogP contribution in [-0.2, 0) is 10.2 Å². The Hall–Kier alpha value is -1.51. The number of carbonyl (C=O) groups is 1.